The summed E-state index contributed by atoms with van der Waals surface area (Å²) in [6, 6.07) is 18.3. The van der Waals surface area contributed by atoms with Crippen LogP contribution in [0.15, 0.2) is 66.9 Å². The second-order valence-electron chi connectivity index (χ2n) is 9.98. The first-order chi connectivity index (χ1) is 20.7. The molecule has 1 N–H and O–H groups in total. The zero-order valence-corrected chi connectivity index (χ0v) is 25.5. The van der Waals surface area contributed by atoms with Crippen molar-refractivity contribution in [2.24, 2.45) is 5.92 Å². The van der Waals surface area contributed by atoms with Crippen molar-refractivity contribution >= 4 is 17.8 Å². The average Bonchev–Trinajstić information content (AvgIpc) is 3.01. The number of aromatic nitrogens is 1. The highest BCUT2D eigenvalue weighted by Crippen LogP contribution is 2.30. The maximum Gasteiger partial charge on any atom is 0.328 e. The van der Waals surface area contributed by atoms with Crippen LogP contribution in [-0.4, -0.2) is 55.0 Å². The molecule has 2 aromatic carbocycles. The zero-order valence-electron chi connectivity index (χ0n) is 25.5. The van der Waals surface area contributed by atoms with Crippen LogP contribution in [0.4, 0.5) is 0 Å². The van der Waals surface area contributed by atoms with E-state index < -0.39 is 42.9 Å². The van der Waals surface area contributed by atoms with E-state index in [-0.39, 0.29) is 23.1 Å². The van der Waals surface area contributed by atoms with Crippen LogP contribution in [-0.2, 0) is 19.1 Å². The van der Waals surface area contributed by atoms with Gasteiger partial charge >= 0.3 is 11.9 Å². The van der Waals surface area contributed by atoms with Gasteiger partial charge in [-0.1, -0.05) is 56.3 Å². The van der Waals surface area contributed by atoms with Crippen LogP contribution in [0.1, 0.15) is 57.9 Å². The van der Waals surface area contributed by atoms with Crippen LogP contribution < -0.4 is 19.5 Å². The topological polar surface area (TPSA) is 122 Å². The van der Waals surface area contributed by atoms with Crippen LogP contribution in [0.2, 0.25) is 0 Å². The van der Waals surface area contributed by atoms with Gasteiger partial charge in [0.05, 0.1) is 7.11 Å². The Morgan fingerprint density at radius 3 is 2.28 bits per heavy atom. The first-order valence-electron chi connectivity index (χ1n) is 14.3. The molecule has 3 rings (SSSR count). The Labute approximate surface area is 252 Å². The summed E-state index contributed by atoms with van der Waals surface area (Å²) in [5.41, 5.74) is 1.95. The number of hydrogen-bond donors (Lipinski definition) is 1. The SMILES string of the molecule is CCC(CC)[C@@H](Oc1cccc(-c2ccccc2)c1)[C@H](C)OC(=O)[C@H](C)NC(=O)c1nccc(OC)c1OCOC(C)=O. The summed E-state index contributed by atoms with van der Waals surface area (Å²) in [6.07, 6.45) is 1.97. The van der Waals surface area contributed by atoms with E-state index in [9.17, 15) is 14.4 Å². The van der Waals surface area contributed by atoms with Gasteiger partial charge in [0.25, 0.3) is 5.91 Å². The van der Waals surface area contributed by atoms with Crippen molar-refractivity contribution in [1.82, 2.24) is 10.3 Å². The third-order valence-corrected chi connectivity index (χ3v) is 6.96. The highest BCUT2D eigenvalue weighted by Gasteiger charge is 2.32. The van der Waals surface area contributed by atoms with E-state index in [4.69, 9.17) is 23.7 Å². The number of hydrogen-bond acceptors (Lipinski definition) is 9. The average molecular weight is 593 g/mol. The summed E-state index contributed by atoms with van der Waals surface area (Å²) in [5.74, 6) is -0.920. The van der Waals surface area contributed by atoms with Crippen molar-refractivity contribution in [2.75, 3.05) is 13.9 Å². The van der Waals surface area contributed by atoms with Gasteiger partial charge in [0.15, 0.2) is 17.2 Å². The van der Waals surface area contributed by atoms with E-state index in [1.807, 2.05) is 54.6 Å². The molecule has 10 nitrogen and oxygen atoms in total. The minimum atomic E-state index is -1.02. The van der Waals surface area contributed by atoms with Crippen molar-refractivity contribution in [3.05, 3.63) is 72.6 Å². The zero-order chi connectivity index (χ0) is 31.4. The van der Waals surface area contributed by atoms with Gasteiger partial charge < -0.3 is 29.0 Å². The third kappa shape index (κ3) is 9.19. The number of pyridine rings is 1. The van der Waals surface area contributed by atoms with Gasteiger partial charge in [0.1, 0.15) is 24.0 Å². The lowest BCUT2D eigenvalue weighted by molar-refractivity contribution is -0.156. The van der Waals surface area contributed by atoms with Crippen molar-refractivity contribution in [1.29, 1.82) is 0 Å². The molecular weight excluding hydrogens is 552 g/mol. The second-order valence-corrected chi connectivity index (χ2v) is 9.98. The van der Waals surface area contributed by atoms with Crippen LogP contribution in [0.5, 0.6) is 17.2 Å². The van der Waals surface area contributed by atoms with Gasteiger partial charge in [-0.15, -0.1) is 0 Å². The monoisotopic (exact) mass is 592 g/mol. The van der Waals surface area contributed by atoms with Crippen LogP contribution in [0.25, 0.3) is 11.1 Å². The molecule has 1 heterocycles. The lowest BCUT2D eigenvalue weighted by atomic mass is 9.93. The number of carbonyl (C=O) groups excluding carboxylic acids is 3. The van der Waals surface area contributed by atoms with E-state index >= 15 is 0 Å². The molecule has 43 heavy (non-hydrogen) atoms. The molecule has 0 radical (unpaired) electrons. The number of nitrogens with zero attached hydrogens (tertiary/aromatic N) is 1. The van der Waals surface area contributed by atoms with Gasteiger partial charge in [0.2, 0.25) is 6.79 Å². The Kier molecular flexibility index (Phi) is 12.4. The molecule has 3 aromatic rings. The molecule has 3 atom stereocenters. The van der Waals surface area contributed by atoms with Gasteiger partial charge in [-0.25, -0.2) is 9.78 Å². The molecule has 0 bridgehead atoms. The number of ether oxygens (including phenoxy) is 5. The van der Waals surface area contributed by atoms with Crippen LogP contribution in [0, 0.1) is 5.92 Å². The van der Waals surface area contributed by atoms with Crippen molar-refractivity contribution in [2.45, 2.75) is 65.7 Å². The molecule has 230 valence electrons. The number of benzene rings is 2. The molecule has 0 aliphatic carbocycles. The molecule has 0 fully saturated rings. The molecule has 0 spiro atoms. The predicted octanol–water partition coefficient (Wildman–Crippen LogP) is 5.59. The second kappa shape index (κ2) is 16.1. The van der Waals surface area contributed by atoms with E-state index in [0.717, 1.165) is 24.0 Å². The smallest absolute Gasteiger partial charge is 0.328 e. The Balaban J connectivity index is 1.72. The van der Waals surface area contributed by atoms with Gasteiger partial charge in [-0.3, -0.25) is 9.59 Å². The third-order valence-electron chi connectivity index (χ3n) is 6.96. The van der Waals surface area contributed by atoms with E-state index in [1.54, 1.807) is 6.92 Å². The fourth-order valence-corrected chi connectivity index (χ4v) is 4.61. The highest BCUT2D eigenvalue weighted by molar-refractivity contribution is 5.98. The Morgan fingerprint density at radius 1 is 0.930 bits per heavy atom. The van der Waals surface area contributed by atoms with Crippen molar-refractivity contribution < 1.29 is 38.1 Å². The van der Waals surface area contributed by atoms with Crippen LogP contribution >= 0.6 is 0 Å². The number of esters is 2. The standard InChI is InChI=1S/C33H40N2O8/c1-7-24(8-2)30(43-27-16-12-15-26(19-27)25-13-10-9-11-14-25)22(4)42-33(38)21(3)35-32(37)29-31(41-20-40-23(5)36)28(39-6)17-18-34-29/h9-19,21-22,24,30H,7-8,20H2,1-6H3,(H,35,37)/t21-,22-,30-/m0/s1. The molecule has 1 amide bonds. The summed E-state index contributed by atoms with van der Waals surface area (Å²) < 4.78 is 27.8. The van der Waals surface area contributed by atoms with E-state index in [0.29, 0.717) is 5.75 Å². The Morgan fingerprint density at radius 2 is 1.63 bits per heavy atom. The first-order valence-corrected chi connectivity index (χ1v) is 14.3. The fourth-order valence-electron chi connectivity index (χ4n) is 4.61. The maximum absolute atomic E-state index is 13.1. The number of methoxy groups -OCH3 is 1. The Bertz CT molecular complexity index is 1360. The lowest BCUT2D eigenvalue weighted by Crippen LogP contribution is -2.45. The molecule has 1 aromatic heterocycles. The van der Waals surface area contributed by atoms with Gasteiger partial charge in [0, 0.05) is 19.2 Å². The van der Waals surface area contributed by atoms with E-state index in [1.165, 1.54) is 33.2 Å². The minimum absolute atomic E-state index is 0.0300. The summed E-state index contributed by atoms with van der Waals surface area (Å²) in [5, 5.41) is 2.60. The first kappa shape index (κ1) is 32.9. The molecule has 0 aliphatic rings. The minimum Gasteiger partial charge on any atom is -0.493 e. The van der Waals surface area contributed by atoms with Crippen LogP contribution in [0.3, 0.4) is 0 Å². The summed E-state index contributed by atoms with van der Waals surface area (Å²) in [7, 11) is 1.40. The van der Waals surface area contributed by atoms with E-state index in [2.05, 4.69) is 24.1 Å². The number of nitrogens with one attached hydrogen (secondary N) is 1. The van der Waals surface area contributed by atoms with Gasteiger partial charge in [-0.2, -0.15) is 0 Å². The summed E-state index contributed by atoms with van der Waals surface area (Å²) in [6.45, 7) is 8.24. The molecule has 0 saturated carbocycles. The molecule has 0 unspecified atom stereocenters. The quantitative estimate of drug-likeness (QED) is 0.178. The lowest BCUT2D eigenvalue weighted by Gasteiger charge is -2.31. The van der Waals surface area contributed by atoms with Crippen molar-refractivity contribution in [3.63, 3.8) is 0 Å². The van der Waals surface area contributed by atoms with Gasteiger partial charge in [-0.05, 0) is 55.9 Å². The summed E-state index contributed by atoms with van der Waals surface area (Å²) >= 11 is 0. The maximum atomic E-state index is 13.1. The normalized spacial score (nSPS) is 12.9. The largest absolute Gasteiger partial charge is 0.493 e. The Hall–Kier alpha value is -4.60. The molecule has 0 saturated heterocycles. The number of rotatable bonds is 15. The number of amides is 1. The highest BCUT2D eigenvalue weighted by atomic mass is 16.7. The predicted molar refractivity (Wildman–Crippen MR) is 161 cm³/mol. The summed E-state index contributed by atoms with van der Waals surface area (Å²) in [4.78, 5) is 41.5. The molecular formula is C33H40N2O8. The molecule has 0 aliphatic heterocycles. The number of carbonyl (C=O) groups is 3. The molecule has 10 heteroatoms. The fraction of sp³-hybridized carbons (Fsp3) is 0.394. The van der Waals surface area contributed by atoms with Crippen molar-refractivity contribution in [3.8, 4) is 28.4 Å².